The van der Waals surface area contributed by atoms with E-state index in [1.807, 2.05) is 24.3 Å². The summed E-state index contributed by atoms with van der Waals surface area (Å²) in [5.41, 5.74) is -0.0212. The molecule has 1 atom stereocenters. The first kappa shape index (κ1) is 20.9. The number of hydrogen-bond donors (Lipinski definition) is 0. The van der Waals surface area contributed by atoms with Gasteiger partial charge >= 0.3 is 12.2 Å². The van der Waals surface area contributed by atoms with E-state index < -0.39 is 18.0 Å². The number of amides is 1. The van der Waals surface area contributed by atoms with Crippen molar-refractivity contribution in [2.24, 2.45) is 0 Å². The minimum absolute atomic E-state index is 0.0147. The molecular formula is C20H22F3N3O3. The molecule has 2 heterocycles. The second-order valence-corrected chi connectivity index (χ2v) is 6.79. The molecule has 1 aromatic heterocycles. The highest BCUT2D eigenvalue weighted by atomic mass is 19.4. The van der Waals surface area contributed by atoms with Gasteiger partial charge in [0.1, 0.15) is 11.9 Å². The van der Waals surface area contributed by atoms with Crippen LogP contribution in [0.5, 0.6) is 11.8 Å². The maximum absolute atomic E-state index is 12.8. The van der Waals surface area contributed by atoms with E-state index in [0.717, 1.165) is 23.6 Å². The summed E-state index contributed by atoms with van der Waals surface area (Å²) in [6.45, 7) is 0.909. The molecule has 1 unspecified atom stereocenters. The molecule has 0 saturated carbocycles. The van der Waals surface area contributed by atoms with Crippen molar-refractivity contribution in [1.29, 1.82) is 0 Å². The van der Waals surface area contributed by atoms with E-state index in [4.69, 9.17) is 9.47 Å². The quantitative estimate of drug-likeness (QED) is 0.731. The number of benzene rings is 1. The smallest absolute Gasteiger partial charge is 0.433 e. The van der Waals surface area contributed by atoms with Crippen molar-refractivity contribution < 1.29 is 27.4 Å². The van der Waals surface area contributed by atoms with E-state index in [-0.39, 0.29) is 11.9 Å². The monoisotopic (exact) mass is 409 g/mol. The number of piperidine rings is 1. The minimum atomic E-state index is -4.56. The Bertz CT molecular complexity index is 828. The van der Waals surface area contributed by atoms with Crippen molar-refractivity contribution in [3.05, 3.63) is 47.8 Å². The summed E-state index contributed by atoms with van der Waals surface area (Å²) < 4.78 is 49.0. The molecule has 3 rings (SSSR count). The number of alkyl halides is 3. The van der Waals surface area contributed by atoms with Crippen molar-refractivity contribution in [2.75, 3.05) is 20.2 Å². The fourth-order valence-electron chi connectivity index (χ4n) is 3.17. The van der Waals surface area contributed by atoms with Gasteiger partial charge in [0.15, 0.2) is 5.69 Å². The van der Waals surface area contributed by atoms with Gasteiger partial charge in [-0.05, 0) is 43.0 Å². The summed E-state index contributed by atoms with van der Waals surface area (Å²) in [7, 11) is 1.60. The first-order valence-electron chi connectivity index (χ1n) is 9.33. The fourth-order valence-corrected chi connectivity index (χ4v) is 3.17. The van der Waals surface area contributed by atoms with Crippen molar-refractivity contribution >= 4 is 5.91 Å². The van der Waals surface area contributed by atoms with Gasteiger partial charge in [0, 0.05) is 19.2 Å². The van der Waals surface area contributed by atoms with Crippen molar-refractivity contribution in [3.63, 3.8) is 0 Å². The van der Waals surface area contributed by atoms with E-state index in [9.17, 15) is 18.0 Å². The van der Waals surface area contributed by atoms with E-state index in [2.05, 4.69) is 9.97 Å². The van der Waals surface area contributed by atoms with Gasteiger partial charge in [-0.2, -0.15) is 18.2 Å². The predicted molar refractivity (Wildman–Crippen MR) is 98.6 cm³/mol. The number of carbonyl (C=O) groups is 1. The largest absolute Gasteiger partial charge is 0.497 e. The van der Waals surface area contributed by atoms with E-state index in [1.165, 1.54) is 0 Å². The van der Waals surface area contributed by atoms with Gasteiger partial charge in [-0.15, -0.1) is 0 Å². The number of methoxy groups -OCH3 is 1. The van der Waals surface area contributed by atoms with Crippen LogP contribution in [0.4, 0.5) is 13.2 Å². The Balaban J connectivity index is 1.53. The van der Waals surface area contributed by atoms with Gasteiger partial charge in [0.25, 0.3) is 0 Å². The Morgan fingerprint density at radius 3 is 2.69 bits per heavy atom. The number of aryl methyl sites for hydroxylation is 1. The molecule has 1 aliphatic heterocycles. The number of aromatic nitrogens is 2. The molecule has 0 aliphatic carbocycles. The number of halogens is 3. The third-order valence-corrected chi connectivity index (χ3v) is 4.71. The van der Waals surface area contributed by atoms with Crippen LogP contribution in [0.2, 0.25) is 0 Å². The van der Waals surface area contributed by atoms with Crippen LogP contribution < -0.4 is 9.47 Å². The molecule has 9 heteroatoms. The summed E-state index contributed by atoms with van der Waals surface area (Å²) in [6, 6.07) is 8.00. The lowest BCUT2D eigenvalue weighted by molar-refractivity contribution is -0.141. The molecule has 2 aromatic rings. The van der Waals surface area contributed by atoms with Crippen LogP contribution in [0.25, 0.3) is 0 Å². The van der Waals surface area contributed by atoms with Crippen molar-refractivity contribution in [1.82, 2.24) is 14.9 Å². The van der Waals surface area contributed by atoms with Crippen LogP contribution in [0.1, 0.15) is 30.5 Å². The Morgan fingerprint density at radius 1 is 1.24 bits per heavy atom. The minimum Gasteiger partial charge on any atom is -0.497 e. The first-order chi connectivity index (χ1) is 13.8. The lowest BCUT2D eigenvalue weighted by Crippen LogP contribution is -2.44. The number of carbonyl (C=O) groups excluding carboxylic acids is 1. The Morgan fingerprint density at radius 2 is 2.00 bits per heavy atom. The predicted octanol–water partition coefficient (Wildman–Crippen LogP) is 3.51. The molecular weight excluding hydrogens is 387 g/mol. The van der Waals surface area contributed by atoms with Crippen LogP contribution in [0, 0.1) is 0 Å². The Kier molecular flexibility index (Phi) is 6.56. The zero-order chi connectivity index (χ0) is 20.9. The lowest BCUT2D eigenvalue weighted by atomic mass is 10.1. The Labute approximate surface area is 166 Å². The number of rotatable bonds is 6. The second kappa shape index (κ2) is 9.11. The van der Waals surface area contributed by atoms with Crippen LogP contribution >= 0.6 is 0 Å². The van der Waals surface area contributed by atoms with E-state index in [1.54, 1.807) is 12.0 Å². The molecule has 156 valence electrons. The maximum Gasteiger partial charge on any atom is 0.433 e. The van der Waals surface area contributed by atoms with Crippen molar-refractivity contribution in [3.8, 4) is 11.8 Å². The van der Waals surface area contributed by atoms with Gasteiger partial charge in [0.2, 0.25) is 5.91 Å². The average Bonchev–Trinajstić information content (AvgIpc) is 2.72. The molecule has 0 N–H and O–H groups in total. The topological polar surface area (TPSA) is 64.5 Å². The molecule has 0 spiro atoms. The van der Waals surface area contributed by atoms with Crippen LogP contribution in [0.15, 0.2) is 36.5 Å². The fraction of sp³-hybridized carbons (Fsp3) is 0.450. The number of likely N-dealkylation sites (tertiary alicyclic amines) is 1. The van der Waals surface area contributed by atoms with Gasteiger partial charge in [0.05, 0.1) is 13.7 Å². The van der Waals surface area contributed by atoms with E-state index in [0.29, 0.717) is 38.8 Å². The molecule has 29 heavy (non-hydrogen) atoms. The first-order valence-corrected chi connectivity index (χ1v) is 9.33. The molecule has 1 aliphatic rings. The molecule has 0 radical (unpaired) electrons. The van der Waals surface area contributed by atoms with Crippen molar-refractivity contribution in [2.45, 2.75) is 38.0 Å². The third-order valence-electron chi connectivity index (χ3n) is 4.71. The normalized spacial score (nSPS) is 17.1. The highest BCUT2D eigenvalue weighted by Gasteiger charge is 2.33. The van der Waals surface area contributed by atoms with Gasteiger partial charge < -0.3 is 14.4 Å². The lowest BCUT2D eigenvalue weighted by Gasteiger charge is -2.32. The van der Waals surface area contributed by atoms with E-state index >= 15 is 0 Å². The molecule has 1 aromatic carbocycles. The number of hydrogen-bond acceptors (Lipinski definition) is 5. The zero-order valence-electron chi connectivity index (χ0n) is 16.0. The summed E-state index contributed by atoms with van der Waals surface area (Å²) in [5.74, 6) is 0.743. The highest BCUT2D eigenvalue weighted by molar-refractivity contribution is 5.76. The Hall–Kier alpha value is -2.84. The summed E-state index contributed by atoms with van der Waals surface area (Å²) in [5, 5.41) is 0. The number of ether oxygens (including phenoxy) is 2. The maximum atomic E-state index is 12.8. The summed E-state index contributed by atoms with van der Waals surface area (Å²) >= 11 is 0. The molecule has 1 saturated heterocycles. The van der Waals surface area contributed by atoms with Gasteiger partial charge in [-0.1, -0.05) is 12.1 Å². The van der Waals surface area contributed by atoms with Gasteiger partial charge in [-0.3, -0.25) is 4.79 Å². The molecule has 0 bridgehead atoms. The molecule has 6 nitrogen and oxygen atoms in total. The van der Waals surface area contributed by atoms with Gasteiger partial charge in [-0.25, -0.2) is 4.98 Å². The van der Waals surface area contributed by atoms with Crippen LogP contribution in [-0.4, -0.2) is 47.1 Å². The van der Waals surface area contributed by atoms with Crippen LogP contribution in [-0.2, 0) is 17.4 Å². The standard InChI is InChI=1S/C20H22F3N3O3/c1-28-15-7-4-14(5-8-15)6-9-18(27)26-12-2-3-16(13-26)29-19-24-11-10-17(25-19)20(21,22)23/h4-5,7-8,10-11,16H,2-3,6,9,12-13H2,1H3. The molecule has 1 fully saturated rings. The number of nitrogens with zero attached hydrogens (tertiary/aromatic N) is 3. The average molecular weight is 409 g/mol. The van der Waals surface area contributed by atoms with Crippen LogP contribution in [0.3, 0.4) is 0 Å². The highest BCUT2D eigenvalue weighted by Crippen LogP contribution is 2.28. The SMILES string of the molecule is COc1ccc(CCC(=O)N2CCCC(Oc3nccc(C(F)(F)F)n3)C2)cc1. The second-order valence-electron chi connectivity index (χ2n) is 6.79. The zero-order valence-corrected chi connectivity index (χ0v) is 16.0. The third kappa shape index (κ3) is 5.82. The summed E-state index contributed by atoms with van der Waals surface area (Å²) in [4.78, 5) is 21.4. The summed E-state index contributed by atoms with van der Waals surface area (Å²) in [6.07, 6.45) is -1.69. The molecule has 1 amide bonds.